The zero-order chi connectivity index (χ0) is 12.6. The summed E-state index contributed by atoms with van der Waals surface area (Å²) < 4.78 is 4.92. The Bertz CT molecular complexity index is 401. The number of carboxylic acid groups (broad SMARTS) is 1. The number of ether oxygens (including phenoxy) is 1. The molecule has 0 N–H and O–H groups in total. The largest absolute Gasteiger partial charge is 0.550 e. The fourth-order valence-electron chi connectivity index (χ4n) is 2.71. The van der Waals surface area contributed by atoms with Crippen LogP contribution in [0.2, 0.25) is 0 Å². The van der Waals surface area contributed by atoms with Gasteiger partial charge in [0.2, 0.25) is 0 Å². The van der Waals surface area contributed by atoms with E-state index < -0.39 is 23.8 Å². The lowest BCUT2D eigenvalue weighted by atomic mass is 9.83. The molecule has 0 amide bonds. The Morgan fingerprint density at radius 1 is 1.35 bits per heavy atom. The molecule has 17 heavy (non-hydrogen) atoms. The molecule has 1 saturated carbocycles. The molecule has 0 spiro atoms. The van der Waals surface area contributed by atoms with E-state index in [1.807, 2.05) is 12.2 Å². The Hall–Kier alpha value is -1.29. The predicted octanol–water partition coefficient (Wildman–Crippen LogP) is 0.470. The number of aliphatic carboxylic acids is 1. The van der Waals surface area contributed by atoms with Crippen LogP contribution >= 0.6 is 11.6 Å². The van der Waals surface area contributed by atoms with E-state index in [0.717, 1.165) is 0 Å². The summed E-state index contributed by atoms with van der Waals surface area (Å²) in [5, 5.41) is 11.3. The van der Waals surface area contributed by atoms with Crippen LogP contribution in [-0.2, 0) is 14.3 Å². The van der Waals surface area contributed by atoms with E-state index in [1.165, 1.54) is 0 Å². The maximum absolute atomic E-state index is 11.8. The van der Waals surface area contributed by atoms with Crippen molar-refractivity contribution in [3.8, 4) is 0 Å². The number of esters is 1. The van der Waals surface area contributed by atoms with Gasteiger partial charge in [-0.1, -0.05) is 30.3 Å². The molecular weight excluding hydrogens is 244 g/mol. The van der Waals surface area contributed by atoms with E-state index in [2.05, 4.69) is 6.58 Å². The second-order valence-electron chi connectivity index (χ2n) is 4.44. The number of hydrogen-bond donors (Lipinski definition) is 0. The molecule has 4 nitrogen and oxygen atoms in total. The van der Waals surface area contributed by atoms with Crippen molar-refractivity contribution < 1.29 is 19.4 Å². The van der Waals surface area contributed by atoms with E-state index >= 15 is 0 Å². The molecule has 0 heterocycles. The quantitative estimate of drug-likeness (QED) is 0.541. The van der Waals surface area contributed by atoms with Gasteiger partial charge in [-0.05, 0) is 18.3 Å². The monoisotopic (exact) mass is 255 g/mol. The minimum Gasteiger partial charge on any atom is -0.550 e. The first-order chi connectivity index (χ1) is 8.00. The van der Waals surface area contributed by atoms with Crippen molar-refractivity contribution in [2.75, 3.05) is 6.61 Å². The van der Waals surface area contributed by atoms with Gasteiger partial charge in [-0.15, -0.1) is 0 Å². The first-order valence-electron chi connectivity index (χ1n) is 5.40. The van der Waals surface area contributed by atoms with E-state index in [0.29, 0.717) is 6.42 Å². The molecule has 0 aliphatic heterocycles. The Morgan fingerprint density at radius 2 is 1.94 bits per heavy atom. The van der Waals surface area contributed by atoms with Gasteiger partial charge in [-0.25, -0.2) is 0 Å². The van der Waals surface area contributed by atoms with E-state index in [9.17, 15) is 14.7 Å². The van der Waals surface area contributed by atoms with Crippen LogP contribution in [0.15, 0.2) is 23.8 Å². The van der Waals surface area contributed by atoms with Crippen molar-refractivity contribution in [3.05, 3.63) is 23.8 Å². The van der Waals surface area contributed by atoms with E-state index in [1.54, 1.807) is 0 Å². The van der Waals surface area contributed by atoms with Crippen LogP contribution in [0.5, 0.6) is 0 Å². The highest BCUT2D eigenvalue weighted by molar-refractivity contribution is 6.29. The van der Waals surface area contributed by atoms with Gasteiger partial charge in [0, 0.05) is 16.9 Å². The highest BCUT2D eigenvalue weighted by Gasteiger charge is 2.49. The molecule has 0 unspecified atom stereocenters. The highest BCUT2D eigenvalue weighted by Crippen LogP contribution is 2.48. The van der Waals surface area contributed by atoms with Crippen LogP contribution in [0.1, 0.15) is 6.42 Å². The standard InChI is InChI=1S/C12H13ClO4/c1-6(13)5-17-12(16)10-8-3-2-7(4-8)9(10)11(14)15/h2-3,7-10H,1,4-5H2,(H,14,15)/p-1/t7-,8+,9-,10+/m1/s1. The molecular formula is C12H12ClO4-. The third-order valence-corrected chi connectivity index (χ3v) is 3.48. The topological polar surface area (TPSA) is 66.4 Å². The number of rotatable bonds is 4. The zero-order valence-electron chi connectivity index (χ0n) is 9.10. The molecule has 5 heteroatoms. The second kappa shape index (κ2) is 4.53. The number of hydrogen-bond acceptors (Lipinski definition) is 4. The molecule has 2 rings (SSSR count). The van der Waals surface area contributed by atoms with Gasteiger partial charge in [0.1, 0.15) is 6.61 Å². The summed E-state index contributed by atoms with van der Waals surface area (Å²) in [7, 11) is 0. The summed E-state index contributed by atoms with van der Waals surface area (Å²) >= 11 is 5.49. The molecule has 4 atom stereocenters. The van der Waals surface area contributed by atoms with E-state index in [4.69, 9.17) is 16.3 Å². The van der Waals surface area contributed by atoms with Gasteiger partial charge in [-0.3, -0.25) is 4.79 Å². The highest BCUT2D eigenvalue weighted by atomic mass is 35.5. The van der Waals surface area contributed by atoms with Gasteiger partial charge >= 0.3 is 5.97 Å². The lowest BCUT2D eigenvalue weighted by Crippen LogP contribution is -2.41. The van der Waals surface area contributed by atoms with Crippen LogP contribution in [0.3, 0.4) is 0 Å². The molecule has 1 fully saturated rings. The van der Waals surface area contributed by atoms with E-state index in [-0.39, 0.29) is 23.5 Å². The number of carbonyl (C=O) groups excluding carboxylic acids is 2. The average Bonchev–Trinajstić information content (AvgIpc) is 2.84. The van der Waals surface area contributed by atoms with Gasteiger partial charge < -0.3 is 14.6 Å². The lowest BCUT2D eigenvalue weighted by molar-refractivity contribution is -0.314. The molecule has 0 aromatic carbocycles. The van der Waals surface area contributed by atoms with Crippen molar-refractivity contribution in [1.82, 2.24) is 0 Å². The number of allylic oxidation sites excluding steroid dienone is 2. The maximum Gasteiger partial charge on any atom is 0.310 e. The SMILES string of the molecule is C=C(Cl)COC(=O)[C@@H]1[C@H](C(=O)[O-])[C@@H]2C=C[C@H]1C2. The molecule has 2 bridgehead atoms. The molecule has 0 radical (unpaired) electrons. The molecule has 0 aromatic heterocycles. The summed E-state index contributed by atoms with van der Waals surface area (Å²) in [5.41, 5.74) is 0. The van der Waals surface area contributed by atoms with Crippen molar-refractivity contribution in [2.45, 2.75) is 6.42 Å². The minimum absolute atomic E-state index is 0.0565. The third kappa shape index (κ3) is 2.22. The van der Waals surface area contributed by atoms with Gasteiger partial charge in [0.15, 0.2) is 0 Å². The summed E-state index contributed by atoms with van der Waals surface area (Å²) in [6.07, 6.45) is 4.40. The zero-order valence-corrected chi connectivity index (χ0v) is 9.85. The van der Waals surface area contributed by atoms with Crippen molar-refractivity contribution in [2.24, 2.45) is 23.7 Å². The van der Waals surface area contributed by atoms with Crippen molar-refractivity contribution in [1.29, 1.82) is 0 Å². The average molecular weight is 256 g/mol. The number of carbonyl (C=O) groups is 2. The molecule has 2 aliphatic carbocycles. The van der Waals surface area contributed by atoms with Crippen LogP contribution in [0, 0.1) is 23.7 Å². The number of carboxylic acids is 1. The third-order valence-electron chi connectivity index (χ3n) is 3.37. The summed E-state index contributed by atoms with van der Waals surface area (Å²) in [6, 6.07) is 0. The fraction of sp³-hybridized carbons (Fsp3) is 0.500. The fourth-order valence-corrected chi connectivity index (χ4v) is 2.77. The Morgan fingerprint density at radius 3 is 2.47 bits per heavy atom. The van der Waals surface area contributed by atoms with Crippen LogP contribution in [0.25, 0.3) is 0 Å². The lowest BCUT2D eigenvalue weighted by Gasteiger charge is -2.26. The Balaban J connectivity index is 2.08. The van der Waals surface area contributed by atoms with Gasteiger partial charge in [0.05, 0.1) is 5.92 Å². The second-order valence-corrected chi connectivity index (χ2v) is 4.98. The van der Waals surface area contributed by atoms with Gasteiger partial charge in [-0.2, -0.15) is 0 Å². The normalized spacial score (nSPS) is 33.7. The first kappa shape index (κ1) is 12.2. The van der Waals surface area contributed by atoms with Crippen LogP contribution < -0.4 is 5.11 Å². The Labute approximate surface area is 104 Å². The minimum atomic E-state index is -1.19. The van der Waals surface area contributed by atoms with Crippen molar-refractivity contribution >= 4 is 23.5 Å². The van der Waals surface area contributed by atoms with Crippen LogP contribution in [-0.4, -0.2) is 18.5 Å². The van der Waals surface area contributed by atoms with Gasteiger partial charge in [0.25, 0.3) is 0 Å². The first-order valence-corrected chi connectivity index (χ1v) is 5.77. The molecule has 2 aliphatic rings. The maximum atomic E-state index is 11.8. The molecule has 0 aromatic rings. The summed E-state index contributed by atoms with van der Waals surface area (Å²) in [6.45, 7) is 3.32. The number of fused-ring (bicyclic) bond motifs is 2. The molecule has 0 saturated heterocycles. The molecule has 92 valence electrons. The van der Waals surface area contributed by atoms with Crippen LogP contribution in [0.4, 0.5) is 0 Å². The predicted molar refractivity (Wildman–Crippen MR) is 58.7 cm³/mol. The summed E-state index contributed by atoms with van der Waals surface area (Å²) in [4.78, 5) is 22.9. The Kier molecular flexibility index (Phi) is 3.24. The smallest absolute Gasteiger partial charge is 0.310 e. The summed E-state index contributed by atoms with van der Waals surface area (Å²) in [5.74, 6) is -3.31. The number of halogens is 1. The van der Waals surface area contributed by atoms with Crippen molar-refractivity contribution in [3.63, 3.8) is 0 Å².